The van der Waals surface area contributed by atoms with E-state index < -0.39 is 6.43 Å². The van der Waals surface area contributed by atoms with Gasteiger partial charge in [0, 0.05) is 11.1 Å². The van der Waals surface area contributed by atoms with Crippen LogP contribution in [0.4, 0.5) is 26.0 Å². The predicted molar refractivity (Wildman–Crippen MR) is 78.0 cm³/mol. The molecule has 5 nitrogen and oxygen atoms in total. The fourth-order valence-electron chi connectivity index (χ4n) is 1.93. The Balaban J connectivity index is 1.99. The van der Waals surface area contributed by atoms with Crippen LogP contribution in [-0.2, 0) is 0 Å². The van der Waals surface area contributed by atoms with Crippen molar-refractivity contribution in [3.8, 4) is 0 Å². The number of anilines is 3. The number of nitrogens with zero attached hydrogens (tertiary/aromatic N) is 2. The van der Waals surface area contributed by atoms with Gasteiger partial charge in [0.1, 0.15) is 5.69 Å². The molecule has 0 spiro atoms. The zero-order valence-corrected chi connectivity index (χ0v) is 11.3. The lowest BCUT2D eigenvalue weighted by molar-refractivity contribution is 0.146. The second-order valence-electron chi connectivity index (χ2n) is 4.39. The highest BCUT2D eigenvalue weighted by Crippen LogP contribution is 2.30. The summed E-state index contributed by atoms with van der Waals surface area (Å²) in [5, 5.41) is 10.8. The van der Waals surface area contributed by atoms with Gasteiger partial charge < -0.3 is 11.1 Å². The average Bonchev–Trinajstić information content (AvgIpc) is 2.90. The van der Waals surface area contributed by atoms with Gasteiger partial charge in [-0.25, -0.2) is 13.8 Å². The molecule has 0 amide bonds. The van der Waals surface area contributed by atoms with Crippen LogP contribution in [0.3, 0.4) is 0 Å². The third-order valence-electron chi connectivity index (χ3n) is 2.94. The molecular formula is C13H10ClF2N5. The fraction of sp³-hybridized carbons (Fsp3) is 0.0769. The maximum absolute atomic E-state index is 12.7. The highest BCUT2D eigenvalue weighted by molar-refractivity contribution is 6.35. The topological polar surface area (TPSA) is 79.6 Å². The van der Waals surface area contributed by atoms with E-state index in [0.717, 1.165) is 5.39 Å². The number of H-pyrrole nitrogens is 1. The average molecular weight is 310 g/mol. The number of nitrogens with two attached hydrogens (primary N) is 1. The number of aromatic nitrogens is 3. The Morgan fingerprint density at radius 3 is 2.86 bits per heavy atom. The molecule has 3 aromatic rings. The Bertz CT molecular complexity index is 802. The number of halogens is 3. The van der Waals surface area contributed by atoms with E-state index in [1.54, 1.807) is 18.3 Å². The van der Waals surface area contributed by atoms with E-state index in [1.165, 1.54) is 12.1 Å². The first kappa shape index (κ1) is 13.6. The second-order valence-corrected chi connectivity index (χ2v) is 4.80. The smallest absolute Gasteiger partial charge is 0.280 e. The third kappa shape index (κ3) is 2.59. The summed E-state index contributed by atoms with van der Waals surface area (Å²) < 4.78 is 25.4. The van der Waals surface area contributed by atoms with Gasteiger partial charge in [0.15, 0.2) is 5.82 Å². The quantitative estimate of drug-likeness (QED) is 0.686. The van der Waals surface area contributed by atoms with Crippen LogP contribution in [-0.4, -0.2) is 15.2 Å². The van der Waals surface area contributed by atoms with Gasteiger partial charge in [-0.1, -0.05) is 11.6 Å². The molecule has 21 heavy (non-hydrogen) atoms. The van der Waals surface area contributed by atoms with Crippen LogP contribution >= 0.6 is 11.6 Å². The van der Waals surface area contributed by atoms with Crippen molar-refractivity contribution in [3.63, 3.8) is 0 Å². The summed E-state index contributed by atoms with van der Waals surface area (Å²) in [6, 6.07) is 5.98. The number of alkyl halides is 2. The van der Waals surface area contributed by atoms with Crippen molar-refractivity contribution >= 4 is 39.7 Å². The van der Waals surface area contributed by atoms with Crippen molar-refractivity contribution < 1.29 is 8.78 Å². The molecule has 108 valence electrons. The molecule has 3 rings (SSSR count). The number of rotatable bonds is 3. The number of hydrogen-bond donors (Lipinski definition) is 3. The Labute approximate surface area is 123 Å². The molecule has 0 bridgehead atoms. The molecule has 0 radical (unpaired) electrons. The van der Waals surface area contributed by atoms with Crippen molar-refractivity contribution in [3.05, 3.63) is 41.2 Å². The molecule has 0 atom stereocenters. The maximum Gasteiger partial charge on any atom is 0.280 e. The van der Waals surface area contributed by atoms with E-state index in [4.69, 9.17) is 17.3 Å². The van der Waals surface area contributed by atoms with Gasteiger partial charge in [-0.15, -0.1) is 0 Å². The molecule has 0 aliphatic rings. The van der Waals surface area contributed by atoms with E-state index in [-0.39, 0.29) is 17.2 Å². The highest BCUT2D eigenvalue weighted by Gasteiger charge is 2.12. The minimum Gasteiger partial charge on any atom is -0.396 e. The molecular weight excluding hydrogens is 300 g/mol. The lowest BCUT2D eigenvalue weighted by Gasteiger charge is -2.10. The minimum absolute atomic E-state index is 0.159. The number of benzene rings is 1. The SMILES string of the molecule is Nc1ccc(C(F)F)nc1Nc1cc(Cl)c2[nH]ncc2c1. The first-order valence-electron chi connectivity index (χ1n) is 5.99. The molecule has 8 heteroatoms. The highest BCUT2D eigenvalue weighted by atomic mass is 35.5. The minimum atomic E-state index is -2.66. The monoisotopic (exact) mass is 309 g/mol. The summed E-state index contributed by atoms with van der Waals surface area (Å²) in [4.78, 5) is 3.81. The molecule has 2 aromatic heterocycles. The summed E-state index contributed by atoms with van der Waals surface area (Å²) in [5.74, 6) is 0.159. The lowest BCUT2D eigenvalue weighted by Crippen LogP contribution is -2.02. The zero-order valence-electron chi connectivity index (χ0n) is 10.6. The van der Waals surface area contributed by atoms with Crippen LogP contribution in [0.5, 0.6) is 0 Å². The fourth-order valence-corrected chi connectivity index (χ4v) is 2.20. The van der Waals surface area contributed by atoms with Crippen LogP contribution in [0.2, 0.25) is 5.02 Å². The van der Waals surface area contributed by atoms with Gasteiger partial charge in [0.25, 0.3) is 6.43 Å². The summed E-state index contributed by atoms with van der Waals surface area (Å²) in [7, 11) is 0. The molecule has 1 aromatic carbocycles. The predicted octanol–water partition coefficient (Wildman–Crippen LogP) is 3.87. The normalized spacial score (nSPS) is 11.2. The number of aromatic amines is 1. The van der Waals surface area contributed by atoms with Gasteiger partial charge >= 0.3 is 0 Å². The van der Waals surface area contributed by atoms with Crippen molar-refractivity contribution in [1.82, 2.24) is 15.2 Å². The van der Waals surface area contributed by atoms with Crippen LogP contribution in [0.15, 0.2) is 30.5 Å². The number of fused-ring (bicyclic) bond motifs is 1. The molecule has 0 aliphatic carbocycles. The van der Waals surface area contributed by atoms with Crippen LogP contribution in [0.25, 0.3) is 10.9 Å². The van der Waals surface area contributed by atoms with E-state index in [9.17, 15) is 8.78 Å². The van der Waals surface area contributed by atoms with Crippen LogP contribution in [0, 0.1) is 0 Å². The van der Waals surface area contributed by atoms with E-state index in [2.05, 4.69) is 20.5 Å². The second kappa shape index (κ2) is 5.17. The van der Waals surface area contributed by atoms with Crippen molar-refractivity contribution in [1.29, 1.82) is 0 Å². The van der Waals surface area contributed by atoms with Crippen molar-refractivity contribution in [2.75, 3.05) is 11.1 Å². The molecule has 2 heterocycles. The van der Waals surface area contributed by atoms with Gasteiger partial charge in [0.2, 0.25) is 0 Å². The molecule has 0 saturated heterocycles. The number of nitrogens with one attached hydrogen (secondary N) is 2. The third-order valence-corrected chi connectivity index (χ3v) is 3.23. The summed E-state index contributed by atoms with van der Waals surface area (Å²) in [6.07, 6.45) is -1.05. The van der Waals surface area contributed by atoms with E-state index in [0.29, 0.717) is 16.2 Å². The van der Waals surface area contributed by atoms with Crippen LogP contribution < -0.4 is 11.1 Å². The summed E-state index contributed by atoms with van der Waals surface area (Å²) in [6.45, 7) is 0. The first-order valence-corrected chi connectivity index (χ1v) is 6.36. The van der Waals surface area contributed by atoms with E-state index >= 15 is 0 Å². The van der Waals surface area contributed by atoms with Crippen LogP contribution in [0.1, 0.15) is 12.1 Å². The lowest BCUT2D eigenvalue weighted by atomic mass is 10.2. The Morgan fingerprint density at radius 1 is 1.29 bits per heavy atom. The molecule has 0 aliphatic heterocycles. The Kier molecular flexibility index (Phi) is 3.34. The number of pyridine rings is 1. The molecule has 0 unspecified atom stereocenters. The molecule has 0 fully saturated rings. The zero-order chi connectivity index (χ0) is 15.0. The Hall–Kier alpha value is -2.41. The van der Waals surface area contributed by atoms with Gasteiger partial charge in [-0.2, -0.15) is 5.10 Å². The Morgan fingerprint density at radius 2 is 2.10 bits per heavy atom. The van der Waals surface area contributed by atoms with Gasteiger partial charge in [-0.3, -0.25) is 5.10 Å². The standard InChI is InChI=1S/C13H10ClF2N5/c14-8-4-7(3-6-5-18-21-11(6)8)19-13-9(17)1-2-10(20-13)12(15)16/h1-5,12H,17H2,(H,18,21)(H,19,20). The van der Waals surface area contributed by atoms with Gasteiger partial charge in [0.05, 0.1) is 22.4 Å². The van der Waals surface area contributed by atoms with E-state index in [1.807, 2.05) is 0 Å². The van der Waals surface area contributed by atoms with Gasteiger partial charge in [-0.05, 0) is 24.3 Å². The number of hydrogen-bond acceptors (Lipinski definition) is 4. The summed E-state index contributed by atoms with van der Waals surface area (Å²) in [5.41, 5.74) is 6.95. The van der Waals surface area contributed by atoms with Crippen molar-refractivity contribution in [2.24, 2.45) is 0 Å². The summed E-state index contributed by atoms with van der Waals surface area (Å²) >= 11 is 6.11. The number of nitrogen functional groups attached to an aromatic ring is 1. The molecule has 4 N–H and O–H groups in total. The molecule has 0 saturated carbocycles. The first-order chi connectivity index (χ1) is 10.0. The maximum atomic E-state index is 12.7. The largest absolute Gasteiger partial charge is 0.396 e. The van der Waals surface area contributed by atoms with Crippen molar-refractivity contribution in [2.45, 2.75) is 6.43 Å².